The van der Waals surface area contributed by atoms with Crippen molar-refractivity contribution >= 4 is 22.4 Å². The summed E-state index contributed by atoms with van der Waals surface area (Å²) in [6, 6.07) is 23.6. The number of hydrogen-bond donors (Lipinski definition) is 1. The van der Waals surface area contributed by atoms with Gasteiger partial charge in [-0.05, 0) is 35.9 Å². The van der Waals surface area contributed by atoms with E-state index in [4.69, 9.17) is 9.47 Å². The van der Waals surface area contributed by atoms with Gasteiger partial charge >= 0.3 is 0 Å². The Kier molecular flexibility index (Phi) is 6.57. The van der Waals surface area contributed by atoms with Crippen LogP contribution in [0.2, 0.25) is 0 Å². The number of ether oxygens (including phenoxy) is 2. The first kappa shape index (κ1) is 21.3. The molecule has 32 heavy (non-hydrogen) atoms. The van der Waals surface area contributed by atoms with Crippen LogP contribution >= 0.6 is 0 Å². The summed E-state index contributed by atoms with van der Waals surface area (Å²) in [5.74, 6) is 0.288. The second-order valence-electron chi connectivity index (χ2n) is 7.16. The van der Waals surface area contributed by atoms with Crippen LogP contribution in [-0.2, 0) is 11.3 Å². The summed E-state index contributed by atoms with van der Waals surface area (Å²) in [5, 5.41) is 8.23. The van der Waals surface area contributed by atoms with E-state index in [2.05, 4.69) is 10.4 Å². The maximum Gasteiger partial charge on any atom is 0.276 e. The Morgan fingerprint density at radius 1 is 0.906 bits per heavy atom. The molecule has 0 aliphatic heterocycles. The van der Waals surface area contributed by atoms with Gasteiger partial charge in [-0.3, -0.25) is 9.59 Å². The van der Waals surface area contributed by atoms with Crippen LogP contribution in [0, 0.1) is 0 Å². The van der Waals surface area contributed by atoms with Gasteiger partial charge in [-0.1, -0.05) is 48.5 Å². The van der Waals surface area contributed by atoms with E-state index in [0.29, 0.717) is 35.4 Å². The van der Waals surface area contributed by atoms with Crippen LogP contribution in [0.25, 0.3) is 10.8 Å². The lowest BCUT2D eigenvalue weighted by atomic mass is 10.1. The van der Waals surface area contributed by atoms with Gasteiger partial charge in [-0.25, -0.2) is 4.68 Å². The number of anilines is 1. The van der Waals surface area contributed by atoms with Crippen LogP contribution in [-0.4, -0.2) is 36.0 Å². The van der Waals surface area contributed by atoms with Crippen molar-refractivity contribution in [1.82, 2.24) is 9.78 Å². The Bertz CT molecular complexity index is 1270. The highest BCUT2D eigenvalue weighted by Gasteiger charge is 2.17. The average Bonchev–Trinajstić information content (AvgIpc) is 2.83. The van der Waals surface area contributed by atoms with Gasteiger partial charge in [0.15, 0.2) is 5.69 Å². The lowest BCUT2D eigenvalue weighted by molar-refractivity contribution is 0.102. The number of carbonyl (C=O) groups is 1. The summed E-state index contributed by atoms with van der Waals surface area (Å²) >= 11 is 0. The van der Waals surface area contributed by atoms with E-state index in [0.717, 1.165) is 5.56 Å². The number of carbonyl (C=O) groups excluding carboxylic acids is 1. The Morgan fingerprint density at radius 3 is 2.31 bits per heavy atom. The number of hydrogen-bond acceptors (Lipinski definition) is 5. The SMILES string of the molecule is COCCOc1ccc(NC(=O)c2nn(Cc3ccccc3)c(=O)c3ccccc23)cc1. The summed E-state index contributed by atoms with van der Waals surface area (Å²) in [4.78, 5) is 26.1. The third-order valence-electron chi connectivity index (χ3n) is 4.93. The predicted octanol–water partition coefficient (Wildman–Crippen LogP) is 3.72. The fourth-order valence-electron chi connectivity index (χ4n) is 3.33. The van der Waals surface area contributed by atoms with Crippen molar-refractivity contribution in [2.24, 2.45) is 0 Å². The first-order valence-electron chi connectivity index (χ1n) is 10.2. The number of aromatic nitrogens is 2. The minimum absolute atomic E-state index is 0.191. The third kappa shape index (κ3) is 4.84. The van der Waals surface area contributed by atoms with Crippen molar-refractivity contribution in [3.05, 3.63) is 100 Å². The van der Waals surface area contributed by atoms with Crippen molar-refractivity contribution in [2.75, 3.05) is 25.6 Å². The smallest absolute Gasteiger partial charge is 0.276 e. The molecule has 0 unspecified atom stereocenters. The van der Waals surface area contributed by atoms with Crippen molar-refractivity contribution < 1.29 is 14.3 Å². The van der Waals surface area contributed by atoms with Crippen LogP contribution < -0.4 is 15.6 Å². The number of nitrogens with one attached hydrogen (secondary N) is 1. The molecule has 0 radical (unpaired) electrons. The quantitative estimate of drug-likeness (QED) is 0.432. The van der Waals surface area contributed by atoms with E-state index in [-0.39, 0.29) is 17.8 Å². The summed E-state index contributed by atoms with van der Waals surface area (Å²) < 4.78 is 11.8. The summed E-state index contributed by atoms with van der Waals surface area (Å²) in [7, 11) is 1.61. The maximum atomic E-state index is 13.1. The highest BCUT2D eigenvalue weighted by molar-refractivity contribution is 6.11. The molecule has 1 heterocycles. The molecule has 0 saturated heterocycles. The van der Waals surface area contributed by atoms with E-state index in [1.54, 1.807) is 55.6 Å². The minimum atomic E-state index is -0.393. The second-order valence-corrected chi connectivity index (χ2v) is 7.16. The number of fused-ring (bicyclic) bond motifs is 1. The summed E-state index contributed by atoms with van der Waals surface area (Å²) in [5.41, 5.74) is 1.48. The Morgan fingerprint density at radius 2 is 1.59 bits per heavy atom. The Hall–Kier alpha value is -3.97. The highest BCUT2D eigenvalue weighted by Crippen LogP contribution is 2.19. The first-order valence-corrected chi connectivity index (χ1v) is 10.2. The van der Waals surface area contributed by atoms with E-state index in [9.17, 15) is 9.59 Å². The lowest BCUT2D eigenvalue weighted by Crippen LogP contribution is -2.28. The highest BCUT2D eigenvalue weighted by atomic mass is 16.5. The molecular formula is C25H23N3O4. The third-order valence-corrected chi connectivity index (χ3v) is 4.93. The van der Waals surface area contributed by atoms with Crippen LogP contribution in [0.5, 0.6) is 5.75 Å². The lowest BCUT2D eigenvalue weighted by Gasteiger charge is -2.12. The number of amides is 1. The molecule has 0 aliphatic carbocycles. The molecule has 0 bridgehead atoms. The van der Waals surface area contributed by atoms with E-state index < -0.39 is 5.91 Å². The standard InChI is InChI=1S/C25H23N3O4/c1-31-15-16-32-20-13-11-19(12-14-20)26-24(29)23-21-9-5-6-10-22(21)25(30)28(27-23)17-18-7-3-2-4-8-18/h2-14H,15-17H2,1H3,(H,26,29). The molecule has 1 amide bonds. The van der Waals surface area contributed by atoms with Gasteiger partial charge in [0.2, 0.25) is 0 Å². The summed E-state index contributed by atoms with van der Waals surface area (Å²) in [6.07, 6.45) is 0. The van der Waals surface area contributed by atoms with E-state index >= 15 is 0 Å². The number of benzene rings is 3. The molecule has 1 aromatic heterocycles. The van der Waals surface area contributed by atoms with Gasteiger partial charge in [0.25, 0.3) is 11.5 Å². The molecule has 4 aromatic rings. The van der Waals surface area contributed by atoms with E-state index in [1.165, 1.54) is 4.68 Å². The van der Waals surface area contributed by atoms with Gasteiger partial charge in [0.1, 0.15) is 12.4 Å². The maximum absolute atomic E-state index is 13.1. The van der Waals surface area contributed by atoms with E-state index in [1.807, 2.05) is 30.3 Å². The molecule has 162 valence electrons. The van der Waals surface area contributed by atoms with Gasteiger partial charge in [-0.15, -0.1) is 0 Å². The molecule has 7 heteroatoms. The predicted molar refractivity (Wildman–Crippen MR) is 123 cm³/mol. The zero-order valence-corrected chi connectivity index (χ0v) is 17.7. The first-order chi connectivity index (χ1) is 15.7. The summed E-state index contributed by atoms with van der Waals surface area (Å²) in [6.45, 7) is 1.22. The average molecular weight is 429 g/mol. The number of nitrogens with zero attached hydrogens (tertiary/aromatic N) is 2. The van der Waals surface area contributed by atoms with Crippen LogP contribution in [0.1, 0.15) is 16.1 Å². The molecule has 7 nitrogen and oxygen atoms in total. The molecule has 0 atom stereocenters. The zero-order chi connectivity index (χ0) is 22.3. The second kappa shape index (κ2) is 9.89. The number of rotatable bonds is 8. The Labute approximate surface area is 185 Å². The molecule has 0 spiro atoms. The van der Waals surface area contributed by atoms with Crippen molar-refractivity contribution in [3.63, 3.8) is 0 Å². The van der Waals surface area contributed by atoms with Crippen LogP contribution in [0.4, 0.5) is 5.69 Å². The molecule has 4 rings (SSSR count). The monoisotopic (exact) mass is 429 g/mol. The van der Waals surface area contributed by atoms with Crippen LogP contribution in [0.3, 0.4) is 0 Å². The van der Waals surface area contributed by atoms with Crippen molar-refractivity contribution in [1.29, 1.82) is 0 Å². The molecule has 0 fully saturated rings. The topological polar surface area (TPSA) is 82.4 Å². The van der Waals surface area contributed by atoms with Crippen molar-refractivity contribution in [3.8, 4) is 5.75 Å². The van der Waals surface area contributed by atoms with Gasteiger partial charge in [0.05, 0.1) is 18.5 Å². The van der Waals surface area contributed by atoms with Crippen molar-refractivity contribution in [2.45, 2.75) is 6.54 Å². The van der Waals surface area contributed by atoms with Gasteiger partial charge in [-0.2, -0.15) is 5.10 Å². The number of methoxy groups -OCH3 is 1. The fraction of sp³-hybridized carbons (Fsp3) is 0.160. The molecule has 0 aliphatic rings. The molecule has 3 aromatic carbocycles. The molecular weight excluding hydrogens is 406 g/mol. The molecule has 1 N–H and O–H groups in total. The Balaban J connectivity index is 1.62. The largest absolute Gasteiger partial charge is 0.491 e. The normalized spacial score (nSPS) is 10.8. The minimum Gasteiger partial charge on any atom is -0.491 e. The fourth-order valence-corrected chi connectivity index (χ4v) is 3.33. The zero-order valence-electron chi connectivity index (χ0n) is 17.7. The van der Waals surface area contributed by atoms with Gasteiger partial charge in [0, 0.05) is 18.2 Å². The van der Waals surface area contributed by atoms with Gasteiger partial charge < -0.3 is 14.8 Å². The molecule has 0 saturated carbocycles. The van der Waals surface area contributed by atoms with Crippen LogP contribution in [0.15, 0.2) is 83.7 Å².